The van der Waals surface area contributed by atoms with Gasteiger partial charge in [-0.25, -0.2) is 4.39 Å². The molecule has 0 fully saturated rings. The van der Waals surface area contributed by atoms with Crippen LogP contribution in [0.15, 0.2) is 45.5 Å². The second kappa shape index (κ2) is 5.47. The molecular formula is C13H12BrFO2. The molecule has 0 saturated carbocycles. The number of benzene rings is 1. The van der Waals surface area contributed by atoms with Crippen molar-refractivity contribution in [1.29, 1.82) is 0 Å². The highest BCUT2D eigenvalue weighted by Crippen LogP contribution is 2.25. The van der Waals surface area contributed by atoms with E-state index in [1.54, 1.807) is 24.5 Å². The first-order valence-electron chi connectivity index (χ1n) is 5.32. The van der Waals surface area contributed by atoms with E-state index in [-0.39, 0.29) is 5.82 Å². The van der Waals surface area contributed by atoms with Crippen molar-refractivity contribution in [2.24, 2.45) is 0 Å². The third-order valence-electron chi connectivity index (χ3n) is 2.56. The summed E-state index contributed by atoms with van der Waals surface area (Å²) in [7, 11) is 0. The van der Waals surface area contributed by atoms with Crippen molar-refractivity contribution in [3.05, 3.63) is 58.2 Å². The fourth-order valence-corrected chi connectivity index (χ4v) is 2.04. The first-order chi connectivity index (χ1) is 8.16. The van der Waals surface area contributed by atoms with E-state index in [0.717, 1.165) is 10.2 Å². The molecule has 0 aliphatic heterocycles. The Labute approximate surface area is 107 Å². The van der Waals surface area contributed by atoms with Gasteiger partial charge in [0.1, 0.15) is 11.6 Å². The van der Waals surface area contributed by atoms with Crippen LogP contribution in [0.1, 0.15) is 23.8 Å². The van der Waals surface area contributed by atoms with Crippen LogP contribution in [0.5, 0.6) is 0 Å². The number of aliphatic hydroxyl groups excluding tert-OH is 1. The molecule has 90 valence electrons. The van der Waals surface area contributed by atoms with Crippen molar-refractivity contribution in [3.8, 4) is 0 Å². The maximum absolute atomic E-state index is 13.5. The molecule has 1 N–H and O–H groups in total. The van der Waals surface area contributed by atoms with E-state index >= 15 is 0 Å². The van der Waals surface area contributed by atoms with Gasteiger partial charge in [0, 0.05) is 16.5 Å². The molecule has 0 bridgehead atoms. The van der Waals surface area contributed by atoms with Gasteiger partial charge in [-0.3, -0.25) is 0 Å². The highest BCUT2D eigenvalue weighted by molar-refractivity contribution is 9.10. The van der Waals surface area contributed by atoms with E-state index < -0.39 is 6.10 Å². The second-order valence-electron chi connectivity index (χ2n) is 3.80. The lowest BCUT2D eigenvalue weighted by atomic mass is 10.0. The summed E-state index contributed by atoms with van der Waals surface area (Å²) in [5.41, 5.74) is 0.311. The van der Waals surface area contributed by atoms with Gasteiger partial charge < -0.3 is 9.52 Å². The van der Waals surface area contributed by atoms with Crippen molar-refractivity contribution >= 4 is 15.9 Å². The number of furan rings is 1. The van der Waals surface area contributed by atoms with Crippen LogP contribution >= 0.6 is 15.9 Å². The Morgan fingerprint density at radius 2 is 2.18 bits per heavy atom. The van der Waals surface area contributed by atoms with Crippen LogP contribution in [-0.4, -0.2) is 5.11 Å². The number of halogens is 2. The zero-order chi connectivity index (χ0) is 12.3. The Bertz CT molecular complexity index is 482. The molecule has 1 unspecified atom stereocenters. The van der Waals surface area contributed by atoms with Crippen molar-refractivity contribution < 1.29 is 13.9 Å². The number of hydrogen-bond donors (Lipinski definition) is 1. The summed E-state index contributed by atoms with van der Waals surface area (Å²) in [5.74, 6) is 0.402. The fourth-order valence-electron chi connectivity index (χ4n) is 1.66. The monoisotopic (exact) mass is 298 g/mol. The molecule has 1 aromatic carbocycles. The molecule has 1 aromatic heterocycles. The molecule has 0 spiro atoms. The lowest BCUT2D eigenvalue weighted by molar-refractivity contribution is 0.161. The number of rotatable bonds is 4. The number of hydrogen-bond acceptors (Lipinski definition) is 2. The zero-order valence-electron chi connectivity index (χ0n) is 9.07. The first-order valence-corrected chi connectivity index (χ1v) is 6.11. The lowest BCUT2D eigenvalue weighted by Gasteiger charge is -2.11. The third-order valence-corrected chi connectivity index (χ3v) is 3.05. The Hall–Kier alpha value is -1.13. The maximum atomic E-state index is 13.5. The van der Waals surface area contributed by atoms with Gasteiger partial charge in [-0.2, -0.15) is 0 Å². The number of aliphatic hydroxyl groups is 1. The van der Waals surface area contributed by atoms with Gasteiger partial charge >= 0.3 is 0 Å². The Kier molecular flexibility index (Phi) is 3.97. The Morgan fingerprint density at radius 3 is 2.88 bits per heavy atom. The smallest absolute Gasteiger partial charge is 0.129 e. The largest absolute Gasteiger partial charge is 0.469 e. The molecule has 2 nitrogen and oxygen atoms in total. The summed E-state index contributed by atoms with van der Waals surface area (Å²) in [6.45, 7) is 0. The van der Waals surface area contributed by atoms with Crippen molar-refractivity contribution in [1.82, 2.24) is 0 Å². The number of aryl methyl sites for hydroxylation is 1. The van der Waals surface area contributed by atoms with Crippen molar-refractivity contribution in [2.75, 3.05) is 0 Å². The van der Waals surface area contributed by atoms with Crippen LogP contribution in [0.25, 0.3) is 0 Å². The summed E-state index contributed by atoms with van der Waals surface area (Å²) >= 11 is 3.26. The highest BCUT2D eigenvalue weighted by atomic mass is 79.9. The molecular weight excluding hydrogens is 287 g/mol. The molecule has 0 aliphatic rings. The molecule has 0 saturated heterocycles. The maximum Gasteiger partial charge on any atom is 0.129 e. The fraction of sp³-hybridized carbons (Fsp3) is 0.231. The van der Waals surface area contributed by atoms with Crippen LogP contribution in [0.2, 0.25) is 0 Å². The standard InChI is InChI=1S/C13H12BrFO2/c14-9-3-5-12(15)11(8-9)13(16)6-4-10-2-1-7-17-10/h1-3,5,7-8,13,16H,4,6H2. The predicted octanol–water partition coefficient (Wildman–Crippen LogP) is 3.85. The first kappa shape index (κ1) is 12.3. The molecule has 1 atom stereocenters. The Morgan fingerprint density at radius 1 is 1.35 bits per heavy atom. The van der Waals surface area contributed by atoms with E-state index in [1.807, 2.05) is 6.07 Å². The third kappa shape index (κ3) is 3.17. The van der Waals surface area contributed by atoms with Crippen molar-refractivity contribution in [3.63, 3.8) is 0 Å². The minimum atomic E-state index is -0.822. The molecule has 17 heavy (non-hydrogen) atoms. The zero-order valence-corrected chi connectivity index (χ0v) is 10.7. The average Bonchev–Trinajstić information content (AvgIpc) is 2.82. The lowest BCUT2D eigenvalue weighted by Crippen LogP contribution is -2.02. The van der Waals surface area contributed by atoms with Gasteiger partial charge in [-0.1, -0.05) is 15.9 Å². The summed E-state index contributed by atoms with van der Waals surface area (Å²) in [6, 6.07) is 8.18. The molecule has 1 heterocycles. The van der Waals surface area contributed by atoms with Crippen molar-refractivity contribution in [2.45, 2.75) is 18.9 Å². The van der Waals surface area contributed by atoms with Gasteiger partial charge in [-0.05, 0) is 36.8 Å². The summed E-state index contributed by atoms with van der Waals surface area (Å²) in [5, 5.41) is 9.92. The van der Waals surface area contributed by atoms with Gasteiger partial charge in [0.25, 0.3) is 0 Å². The van der Waals surface area contributed by atoms with E-state index in [2.05, 4.69) is 15.9 Å². The summed E-state index contributed by atoms with van der Waals surface area (Å²) in [6.07, 6.45) is 1.78. The van der Waals surface area contributed by atoms with Gasteiger partial charge in [-0.15, -0.1) is 0 Å². The molecule has 0 aliphatic carbocycles. The SMILES string of the molecule is OC(CCc1ccco1)c1cc(Br)ccc1F. The normalized spacial score (nSPS) is 12.6. The van der Waals surface area contributed by atoms with E-state index in [9.17, 15) is 9.50 Å². The van der Waals surface area contributed by atoms with Gasteiger partial charge in [0.2, 0.25) is 0 Å². The predicted molar refractivity (Wildman–Crippen MR) is 66.1 cm³/mol. The quantitative estimate of drug-likeness (QED) is 0.930. The topological polar surface area (TPSA) is 33.4 Å². The molecule has 0 amide bonds. The van der Waals surface area contributed by atoms with Gasteiger partial charge in [0.05, 0.1) is 12.4 Å². The minimum absolute atomic E-state index is 0.311. The average molecular weight is 299 g/mol. The van der Waals surface area contributed by atoms with Crippen LogP contribution in [0, 0.1) is 5.82 Å². The Balaban J connectivity index is 2.04. The van der Waals surface area contributed by atoms with Crippen LogP contribution < -0.4 is 0 Å². The van der Waals surface area contributed by atoms with E-state index in [0.29, 0.717) is 18.4 Å². The van der Waals surface area contributed by atoms with Crippen LogP contribution in [-0.2, 0) is 6.42 Å². The van der Waals surface area contributed by atoms with Crippen LogP contribution in [0.3, 0.4) is 0 Å². The summed E-state index contributed by atoms with van der Waals surface area (Å²) in [4.78, 5) is 0. The molecule has 0 radical (unpaired) electrons. The summed E-state index contributed by atoms with van der Waals surface area (Å²) < 4.78 is 19.4. The second-order valence-corrected chi connectivity index (χ2v) is 4.72. The highest BCUT2D eigenvalue weighted by Gasteiger charge is 2.13. The van der Waals surface area contributed by atoms with E-state index in [4.69, 9.17) is 4.42 Å². The van der Waals surface area contributed by atoms with E-state index in [1.165, 1.54) is 6.07 Å². The molecule has 2 rings (SSSR count). The minimum Gasteiger partial charge on any atom is -0.469 e. The van der Waals surface area contributed by atoms with Gasteiger partial charge in [0.15, 0.2) is 0 Å². The van der Waals surface area contributed by atoms with Crippen LogP contribution in [0.4, 0.5) is 4.39 Å². The molecule has 4 heteroatoms. The molecule has 2 aromatic rings.